The first kappa shape index (κ1) is 12.7. The molecule has 94 valence electrons. The Hall–Kier alpha value is -1.75. The summed E-state index contributed by atoms with van der Waals surface area (Å²) in [4.78, 5) is 12.1. The Morgan fingerprint density at radius 1 is 1.22 bits per heavy atom. The van der Waals surface area contributed by atoms with Gasteiger partial charge in [0.2, 0.25) is 0 Å². The van der Waals surface area contributed by atoms with Crippen molar-refractivity contribution in [2.45, 2.75) is 13.8 Å². The third-order valence-corrected chi connectivity index (χ3v) is 2.76. The average Bonchev–Trinajstić information content (AvgIpc) is 2.62. The summed E-state index contributed by atoms with van der Waals surface area (Å²) in [5.41, 5.74) is 1.12. The smallest absolute Gasteiger partial charge is 0.267 e. The number of carbonyl (C=O) groups is 1. The van der Waals surface area contributed by atoms with E-state index in [9.17, 15) is 13.6 Å². The largest absolute Gasteiger partial charge is 0.280 e. The Bertz CT molecular complexity index is 637. The van der Waals surface area contributed by atoms with Gasteiger partial charge in [-0.1, -0.05) is 11.6 Å². The number of hydrogen-bond donors (Lipinski definition) is 0. The maximum absolute atomic E-state index is 13.1. The zero-order valence-electron chi connectivity index (χ0n) is 9.67. The van der Waals surface area contributed by atoms with Crippen molar-refractivity contribution >= 4 is 17.5 Å². The molecular weight excluding hydrogens is 262 g/mol. The third-order valence-electron chi connectivity index (χ3n) is 2.44. The van der Waals surface area contributed by atoms with Gasteiger partial charge in [-0.3, -0.25) is 4.79 Å². The van der Waals surface area contributed by atoms with E-state index in [0.29, 0.717) is 11.4 Å². The summed E-state index contributed by atoms with van der Waals surface area (Å²) in [5, 5.41) is 3.83. The average molecular weight is 271 g/mol. The highest BCUT2D eigenvalue weighted by atomic mass is 35.5. The molecule has 3 nitrogen and oxygen atoms in total. The fourth-order valence-corrected chi connectivity index (χ4v) is 1.87. The zero-order valence-corrected chi connectivity index (χ0v) is 10.4. The summed E-state index contributed by atoms with van der Waals surface area (Å²) < 4.78 is 27.1. The summed E-state index contributed by atoms with van der Waals surface area (Å²) in [6, 6.07) is 3.25. The monoisotopic (exact) mass is 270 g/mol. The van der Waals surface area contributed by atoms with E-state index in [0.717, 1.165) is 16.8 Å². The van der Waals surface area contributed by atoms with Gasteiger partial charge in [-0.05, 0) is 32.0 Å². The van der Waals surface area contributed by atoms with Gasteiger partial charge in [0.25, 0.3) is 5.91 Å². The van der Waals surface area contributed by atoms with Crippen molar-refractivity contribution in [3.05, 3.63) is 51.8 Å². The number of nitrogens with zero attached hydrogens (tertiary/aromatic N) is 2. The second-order valence-electron chi connectivity index (χ2n) is 3.89. The molecule has 0 aliphatic carbocycles. The normalized spacial score (nSPS) is 10.7. The molecule has 0 N–H and O–H groups in total. The van der Waals surface area contributed by atoms with Crippen molar-refractivity contribution < 1.29 is 13.6 Å². The Morgan fingerprint density at radius 2 is 1.83 bits per heavy atom. The van der Waals surface area contributed by atoms with E-state index in [4.69, 9.17) is 11.6 Å². The van der Waals surface area contributed by atoms with E-state index in [2.05, 4.69) is 5.10 Å². The molecule has 0 spiro atoms. The molecule has 0 atom stereocenters. The summed E-state index contributed by atoms with van der Waals surface area (Å²) in [6.45, 7) is 3.41. The lowest BCUT2D eigenvalue weighted by Crippen LogP contribution is -2.16. The lowest BCUT2D eigenvalue weighted by molar-refractivity contribution is 0.0942. The van der Waals surface area contributed by atoms with Gasteiger partial charge in [-0.15, -0.1) is 0 Å². The molecule has 0 saturated carbocycles. The van der Waals surface area contributed by atoms with Crippen molar-refractivity contribution in [3.8, 4) is 0 Å². The van der Waals surface area contributed by atoms with Crippen LogP contribution in [0.1, 0.15) is 21.7 Å². The second kappa shape index (κ2) is 4.49. The summed E-state index contributed by atoms with van der Waals surface area (Å²) in [7, 11) is 0. The van der Waals surface area contributed by atoms with Gasteiger partial charge in [0, 0.05) is 5.69 Å². The minimum Gasteiger partial charge on any atom is -0.267 e. The molecule has 0 fully saturated rings. The molecule has 0 bridgehead atoms. The first-order chi connectivity index (χ1) is 8.40. The number of carbonyl (C=O) groups excluding carboxylic acids is 1. The number of hydrogen-bond acceptors (Lipinski definition) is 2. The standard InChI is InChI=1S/C12H9ClF2N2O/c1-6-3-7(2)17(16-6)12(18)8-4-10(14)11(15)5-9(8)13/h3-5H,1-2H3. The molecule has 1 aromatic carbocycles. The Balaban J connectivity index is 2.53. The van der Waals surface area contributed by atoms with Crippen LogP contribution in [0.4, 0.5) is 8.78 Å². The van der Waals surface area contributed by atoms with Crippen molar-refractivity contribution in [1.29, 1.82) is 0 Å². The molecule has 0 saturated heterocycles. The first-order valence-electron chi connectivity index (χ1n) is 5.12. The van der Waals surface area contributed by atoms with Crippen LogP contribution in [0.2, 0.25) is 5.02 Å². The predicted octanol–water partition coefficient (Wildman–Crippen LogP) is 3.12. The Morgan fingerprint density at radius 3 is 2.39 bits per heavy atom. The van der Waals surface area contributed by atoms with E-state index < -0.39 is 17.5 Å². The van der Waals surface area contributed by atoms with Gasteiger partial charge in [0.15, 0.2) is 11.6 Å². The van der Waals surface area contributed by atoms with Crippen LogP contribution >= 0.6 is 11.6 Å². The maximum atomic E-state index is 13.1. The van der Waals surface area contributed by atoms with Crippen LogP contribution in [0.3, 0.4) is 0 Å². The Labute approximate surface area is 107 Å². The van der Waals surface area contributed by atoms with Crippen molar-refractivity contribution in [2.75, 3.05) is 0 Å². The maximum Gasteiger partial charge on any atom is 0.280 e. The number of halogens is 3. The van der Waals surface area contributed by atoms with Gasteiger partial charge in [0.05, 0.1) is 16.3 Å². The molecule has 0 unspecified atom stereocenters. The van der Waals surface area contributed by atoms with E-state index in [1.807, 2.05) is 0 Å². The van der Waals surface area contributed by atoms with Gasteiger partial charge in [-0.2, -0.15) is 5.10 Å². The number of rotatable bonds is 1. The van der Waals surface area contributed by atoms with E-state index in [1.54, 1.807) is 19.9 Å². The highest BCUT2D eigenvalue weighted by molar-refractivity contribution is 6.33. The van der Waals surface area contributed by atoms with Crippen LogP contribution in [-0.4, -0.2) is 15.7 Å². The van der Waals surface area contributed by atoms with E-state index in [-0.39, 0.29) is 10.6 Å². The van der Waals surface area contributed by atoms with Crippen LogP contribution in [0.25, 0.3) is 0 Å². The second-order valence-corrected chi connectivity index (χ2v) is 4.30. The quantitative estimate of drug-likeness (QED) is 0.746. The van der Waals surface area contributed by atoms with E-state index in [1.165, 1.54) is 0 Å². The molecule has 1 heterocycles. The number of benzene rings is 1. The first-order valence-corrected chi connectivity index (χ1v) is 5.50. The molecule has 0 aliphatic rings. The molecule has 2 aromatic rings. The summed E-state index contributed by atoms with van der Waals surface area (Å²) in [6.07, 6.45) is 0. The topological polar surface area (TPSA) is 34.9 Å². The predicted molar refractivity (Wildman–Crippen MR) is 62.8 cm³/mol. The highest BCUT2D eigenvalue weighted by Gasteiger charge is 2.18. The molecule has 0 radical (unpaired) electrons. The van der Waals surface area contributed by atoms with E-state index >= 15 is 0 Å². The van der Waals surface area contributed by atoms with Gasteiger partial charge in [-0.25, -0.2) is 13.5 Å². The van der Waals surface area contributed by atoms with Crippen molar-refractivity contribution in [2.24, 2.45) is 0 Å². The highest BCUT2D eigenvalue weighted by Crippen LogP contribution is 2.21. The van der Waals surface area contributed by atoms with Crippen LogP contribution in [0.15, 0.2) is 18.2 Å². The van der Waals surface area contributed by atoms with Crippen molar-refractivity contribution in [1.82, 2.24) is 9.78 Å². The number of aryl methyl sites for hydroxylation is 2. The molecule has 2 rings (SSSR count). The summed E-state index contributed by atoms with van der Waals surface area (Å²) in [5.74, 6) is -2.81. The van der Waals surface area contributed by atoms with Crippen LogP contribution < -0.4 is 0 Å². The molecule has 1 aromatic heterocycles. The molecule has 0 aliphatic heterocycles. The molecule has 0 amide bonds. The van der Waals surface area contributed by atoms with Crippen molar-refractivity contribution in [3.63, 3.8) is 0 Å². The molecular formula is C12H9ClF2N2O. The van der Waals surface area contributed by atoms with Gasteiger partial charge in [0.1, 0.15) is 0 Å². The van der Waals surface area contributed by atoms with Crippen LogP contribution in [0.5, 0.6) is 0 Å². The minimum atomic E-state index is -1.12. The van der Waals surface area contributed by atoms with Crippen LogP contribution in [0, 0.1) is 25.5 Å². The zero-order chi connectivity index (χ0) is 13.4. The lowest BCUT2D eigenvalue weighted by Gasteiger charge is -2.06. The lowest BCUT2D eigenvalue weighted by atomic mass is 10.2. The summed E-state index contributed by atoms with van der Waals surface area (Å²) >= 11 is 5.74. The third kappa shape index (κ3) is 2.13. The number of aromatic nitrogens is 2. The Kier molecular flexibility index (Phi) is 3.17. The molecule has 18 heavy (non-hydrogen) atoms. The van der Waals surface area contributed by atoms with Crippen LogP contribution in [-0.2, 0) is 0 Å². The minimum absolute atomic E-state index is 0.123. The van der Waals surface area contributed by atoms with Gasteiger partial charge >= 0.3 is 0 Å². The SMILES string of the molecule is Cc1cc(C)n(C(=O)c2cc(F)c(F)cc2Cl)n1. The van der Waals surface area contributed by atoms with Gasteiger partial charge < -0.3 is 0 Å². The fourth-order valence-electron chi connectivity index (χ4n) is 1.64. The molecule has 6 heteroatoms. The fraction of sp³-hybridized carbons (Fsp3) is 0.167.